The van der Waals surface area contributed by atoms with Crippen LogP contribution in [-0.2, 0) is 4.74 Å². The Labute approximate surface area is 115 Å². The highest BCUT2D eigenvalue weighted by molar-refractivity contribution is 5.28. The Bertz CT molecular complexity index is 397. The summed E-state index contributed by atoms with van der Waals surface area (Å²) >= 11 is 0. The van der Waals surface area contributed by atoms with Gasteiger partial charge in [0.15, 0.2) is 0 Å². The van der Waals surface area contributed by atoms with Crippen molar-refractivity contribution in [3.05, 3.63) is 24.0 Å². The Morgan fingerprint density at radius 1 is 1.32 bits per heavy atom. The molecule has 2 N–H and O–H groups in total. The topological polar surface area (TPSA) is 57.4 Å². The van der Waals surface area contributed by atoms with E-state index < -0.39 is 0 Å². The van der Waals surface area contributed by atoms with Crippen molar-refractivity contribution in [1.82, 2.24) is 4.98 Å². The maximum absolute atomic E-state index is 6.49. The molecule has 0 bridgehead atoms. The number of pyridine rings is 1. The second-order valence-corrected chi connectivity index (χ2v) is 5.19. The van der Waals surface area contributed by atoms with E-state index in [1.54, 1.807) is 13.3 Å². The number of rotatable bonds is 5. The molecular weight excluding hydrogens is 240 g/mol. The highest BCUT2D eigenvalue weighted by atomic mass is 16.5. The van der Waals surface area contributed by atoms with Gasteiger partial charge in [-0.3, -0.25) is 4.98 Å². The Kier molecular flexibility index (Phi) is 4.77. The van der Waals surface area contributed by atoms with Crippen LogP contribution in [0.4, 0.5) is 0 Å². The molecule has 106 valence electrons. The molecule has 0 saturated heterocycles. The minimum Gasteiger partial charge on any atom is -0.495 e. The first-order chi connectivity index (χ1) is 9.22. The Hall–Kier alpha value is -1.13. The molecule has 1 unspecified atom stereocenters. The summed E-state index contributed by atoms with van der Waals surface area (Å²) < 4.78 is 11.3. The molecule has 0 amide bonds. The van der Waals surface area contributed by atoms with Crippen LogP contribution in [0.3, 0.4) is 0 Å². The second-order valence-electron chi connectivity index (χ2n) is 5.19. The summed E-state index contributed by atoms with van der Waals surface area (Å²) in [5.41, 5.74) is 7.25. The lowest BCUT2D eigenvalue weighted by atomic mass is 9.77. The molecule has 2 rings (SSSR count). The van der Waals surface area contributed by atoms with Crippen molar-refractivity contribution < 1.29 is 9.47 Å². The molecule has 1 heterocycles. The van der Waals surface area contributed by atoms with Crippen LogP contribution in [0.1, 0.15) is 50.6 Å². The van der Waals surface area contributed by atoms with Crippen LogP contribution >= 0.6 is 0 Å². The van der Waals surface area contributed by atoms with Crippen LogP contribution < -0.4 is 10.5 Å². The van der Waals surface area contributed by atoms with E-state index in [1.807, 2.05) is 19.2 Å². The summed E-state index contributed by atoms with van der Waals surface area (Å²) in [4.78, 5) is 4.20. The molecule has 0 aromatic carbocycles. The van der Waals surface area contributed by atoms with Gasteiger partial charge >= 0.3 is 0 Å². The van der Waals surface area contributed by atoms with Gasteiger partial charge in [0.1, 0.15) is 5.75 Å². The van der Waals surface area contributed by atoms with Gasteiger partial charge in [0.05, 0.1) is 24.9 Å². The van der Waals surface area contributed by atoms with Crippen LogP contribution in [-0.4, -0.2) is 24.3 Å². The Morgan fingerprint density at radius 2 is 2.05 bits per heavy atom. The van der Waals surface area contributed by atoms with Gasteiger partial charge < -0.3 is 15.2 Å². The molecule has 19 heavy (non-hydrogen) atoms. The zero-order valence-corrected chi connectivity index (χ0v) is 11.9. The smallest absolute Gasteiger partial charge is 0.137 e. The maximum atomic E-state index is 6.49. The van der Waals surface area contributed by atoms with Crippen LogP contribution in [0.2, 0.25) is 0 Å². The molecule has 1 aromatic heterocycles. The molecule has 1 aliphatic carbocycles. The van der Waals surface area contributed by atoms with Crippen LogP contribution in [0.25, 0.3) is 0 Å². The van der Waals surface area contributed by atoms with E-state index in [9.17, 15) is 0 Å². The zero-order chi connectivity index (χ0) is 13.7. The van der Waals surface area contributed by atoms with Gasteiger partial charge in [0.25, 0.3) is 0 Å². The van der Waals surface area contributed by atoms with Crippen molar-refractivity contribution in [2.45, 2.75) is 50.7 Å². The Balaban J connectivity index is 2.24. The van der Waals surface area contributed by atoms with E-state index in [2.05, 4.69) is 4.98 Å². The average molecular weight is 264 g/mol. The number of nitrogens with two attached hydrogens (primary N) is 1. The summed E-state index contributed by atoms with van der Waals surface area (Å²) in [5.74, 6) is 0.746. The third kappa shape index (κ3) is 3.07. The summed E-state index contributed by atoms with van der Waals surface area (Å²) in [6.45, 7) is 2.73. The van der Waals surface area contributed by atoms with Crippen LogP contribution in [0, 0.1) is 0 Å². The van der Waals surface area contributed by atoms with E-state index in [1.165, 1.54) is 19.3 Å². The molecular formula is C15H24N2O2. The standard InChI is InChI=1S/C15H24N2O2/c1-3-19-15(7-5-4-6-8-15)14(16)12-9-13(18-2)11-17-10-12/h9-11,14H,3-8,16H2,1-2H3. The molecule has 0 spiro atoms. The van der Waals surface area contributed by atoms with Crippen molar-refractivity contribution in [3.63, 3.8) is 0 Å². The first-order valence-corrected chi connectivity index (χ1v) is 7.10. The van der Waals surface area contributed by atoms with Gasteiger partial charge in [-0.2, -0.15) is 0 Å². The lowest BCUT2D eigenvalue weighted by Gasteiger charge is -2.41. The monoisotopic (exact) mass is 264 g/mol. The lowest BCUT2D eigenvalue weighted by molar-refractivity contribution is -0.0831. The van der Waals surface area contributed by atoms with Crippen molar-refractivity contribution >= 4 is 0 Å². The predicted octanol–water partition coefficient (Wildman–Crippen LogP) is 2.83. The second kappa shape index (κ2) is 6.35. The summed E-state index contributed by atoms with van der Waals surface area (Å²) in [7, 11) is 1.64. The molecule has 1 aliphatic rings. The normalized spacial score (nSPS) is 19.9. The predicted molar refractivity (Wildman–Crippen MR) is 75.2 cm³/mol. The fourth-order valence-electron chi connectivity index (χ4n) is 3.00. The third-order valence-electron chi connectivity index (χ3n) is 4.03. The molecule has 1 saturated carbocycles. The van der Waals surface area contributed by atoms with Gasteiger partial charge in [0.2, 0.25) is 0 Å². The van der Waals surface area contributed by atoms with Crippen LogP contribution in [0.15, 0.2) is 18.5 Å². The Morgan fingerprint density at radius 3 is 2.68 bits per heavy atom. The molecule has 0 radical (unpaired) electrons. The van der Waals surface area contributed by atoms with Crippen molar-refractivity contribution in [3.8, 4) is 5.75 Å². The average Bonchev–Trinajstić information content (AvgIpc) is 2.48. The first-order valence-electron chi connectivity index (χ1n) is 7.10. The largest absolute Gasteiger partial charge is 0.495 e. The van der Waals surface area contributed by atoms with Gasteiger partial charge in [-0.25, -0.2) is 0 Å². The molecule has 1 fully saturated rings. The summed E-state index contributed by atoms with van der Waals surface area (Å²) in [5, 5.41) is 0. The van der Waals surface area contributed by atoms with Crippen molar-refractivity contribution in [2.24, 2.45) is 5.73 Å². The minimum absolute atomic E-state index is 0.143. The number of hydrogen-bond donors (Lipinski definition) is 1. The highest BCUT2D eigenvalue weighted by Crippen LogP contribution is 2.40. The lowest BCUT2D eigenvalue weighted by Crippen LogP contribution is -2.45. The summed E-state index contributed by atoms with van der Waals surface area (Å²) in [6, 6.07) is 1.82. The highest BCUT2D eigenvalue weighted by Gasteiger charge is 2.39. The zero-order valence-electron chi connectivity index (χ0n) is 11.9. The third-order valence-corrected chi connectivity index (χ3v) is 4.03. The fourth-order valence-corrected chi connectivity index (χ4v) is 3.00. The van der Waals surface area contributed by atoms with Crippen LogP contribution in [0.5, 0.6) is 5.75 Å². The van der Waals surface area contributed by atoms with E-state index in [4.69, 9.17) is 15.2 Å². The number of ether oxygens (including phenoxy) is 2. The van der Waals surface area contributed by atoms with Gasteiger partial charge in [-0.05, 0) is 31.4 Å². The van der Waals surface area contributed by atoms with E-state index in [0.29, 0.717) is 6.61 Å². The molecule has 4 nitrogen and oxygen atoms in total. The molecule has 1 aromatic rings. The quantitative estimate of drug-likeness (QED) is 0.888. The summed E-state index contributed by atoms with van der Waals surface area (Å²) in [6.07, 6.45) is 9.22. The number of methoxy groups -OCH3 is 1. The molecule has 0 aliphatic heterocycles. The first kappa shape index (κ1) is 14.3. The number of aromatic nitrogens is 1. The van der Waals surface area contributed by atoms with Gasteiger partial charge in [-0.15, -0.1) is 0 Å². The SMILES string of the molecule is CCOC1(C(N)c2cncc(OC)c2)CCCCC1. The molecule has 4 heteroatoms. The van der Waals surface area contributed by atoms with Gasteiger partial charge in [-0.1, -0.05) is 19.3 Å². The number of nitrogens with zero attached hydrogens (tertiary/aromatic N) is 1. The fraction of sp³-hybridized carbons (Fsp3) is 0.667. The van der Waals surface area contributed by atoms with Crippen molar-refractivity contribution in [1.29, 1.82) is 0 Å². The number of hydrogen-bond acceptors (Lipinski definition) is 4. The van der Waals surface area contributed by atoms with E-state index in [-0.39, 0.29) is 11.6 Å². The maximum Gasteiger partial charge on any atom is 0.137 e. The minimum atomic E-state index is -0.235. The van der Waals surface area contributed by atoms with E-state index in [0.717, 1.165) is 24.2 Å². The molecule has 1 atom stereocenters. The van der Waals surface area contributed by atoms with Gasteiger partial charge in [0, 0.05) is 12.8 Å². The van der Waals surface area contributed by atoms with E-state index >= 15 is 0 Å². The van der Waals surface area contributed by atoms with Crippen molar-refractivity contribution in [2.75, 3.05) is 13.7 Å².